The summed E-state index contributed by atoms with van der Waals surface area (Å²) in [4.78, 5) is 22.8. The maximum absolute atomic E-state index is 11.5. The van der Waals surface area contributed by atoms with Gasteiger partial charge in [-0.3, -0.25) is 4.79 Å². The average Bonchev–Trinajstić information content (AvgIpc) is 2.12. The van der Waals surface area contributed by atoms with Gasteiger partial charge < -0.3 is 9.84 Å². The molecule has 0 bridgehead atoms. The van der Waals surface area contributed by atoms with E-state index in [4.69, 9.17) is 0 Å². The highest BCUT2D eigenvalue weighted by atomic mass is 16.5. The van der Waals surface area contributed by atoms with Crippen LogP contribution < -0.4 is 0 Å². The van der Waals surface area contributed by atoms with Crippen molar-refractivity contribution >= 4 is 11.8 Å². The number of ketones is 1. The Hall–Kier alpha value is -0.900. The molecular formula is C10H16O4. The Morgan fingerprint density at radius 1 is 1.71 bits per heavy atom. The molecule has 2 atom stereocenters. The number of Topliss-reactive ketones (excluding diaryl/α,β-unsaturated/α-hetero) is 1. The van der Waals surface area contributed by atoms with Gasteiger partial charge in [-0.25, -0.2) is 4.79 Å². The molecule has 1 fully saturated rings. The van der Waals surface area contributed by atoms with Crippen LogP contribution >= 0.6 is 0 Å². The van der Waals surface area contributed by atoms with Crippen molar-refractivity contribution in [3.63, 3.8) is 0 Å². The van der Waals surface area contributed by atoms with Crippen molar-refractivity contribution < 1.29 is 19.4 Å². The lowest BCUT2D eigenvalue weighted by atomic mass is 9.78. The van der Waals surface area contributed by atoms with Gasteiger partial charge in [0, 0.05) is 6.42 Å². The Morgan fingerprint density at radius 2 is 2.36 bits per heavy atom. The van der Waals surface area contributed by atoms with E-state index < -0.39 is 17.4 Å². The van der Waals surface area contributed by atoms with Crippen LogP contribution in [0, 0.1) is 5.92 Å². The number of carbonyl (C=O) groups is 2. The molecule has 0 radical (unpaired) electrons. The molecular weight excluding hydrogens is 184 g/mol. The molecule has 0 spiro atoms. The topological polar surface area (TPSA) is 63.6 Å². The first-order valence-electron chi connectivity index (χ1n) is 4.93. The summed E-state index contributed by atoms with van der Waals surface area (Å²) in [5, 5.41) is 9.83. The van der Waals surface area contributed by atoms with Crippen LogP contribution in [0.15, 0.2) is 0 Å². The zero-order chi connectivity index (χ0) is 10.8. The van der Waals surface area contributed by atoms with Crippen LogP contribution in [0.25, 0.3) is 0 Å². The molecule has 80 valence electrons. The van der Waals surface area contributed by atoms with E-state index in [2.05, 4.69) is 4.74 Å². The normalized spacial score (nSPS) is 32.8. The Labute approximate surface area is 83.2 Å². The number of rotatable bonds is 2. The van der Waals surface area contributed by atoms with E-state index in [0.29, 0.717) is 6.42 Å². The summed E-state index contributed by atoms with van der Waals surface area (Å²) >= 11 is 0. The number of ether oxygens (including phenoxy) is 1. The molecule has 0 saturated heterocycles. The fraction of sp³-hybridized carbons (Fsp3) is 0.800. The van der Waals surface area contributed by atoms with Gasteiger partial charge in [0.2, 0.25) is 5.60 Å². The van der Waals surface area contributed by atoms with Crippen LogP contribution in [0.2, 0.25) is 0 Å². The van der Waals surface area contributed by atoms with E-state index in [9.17, 15) is 14.7 Å². The van der Waals surface area contributed by atoms with E-state index in [1.807, 2.05) is 6.92 Å². The van der Waals surface area contributed by atoms with Crippen LogP contribution in [-0.2, 0) is 14.3 Å². The molecule has 1 aliphatic carbocycles. The predicted molar refractivity (Wildman–Crippen MR) is 49.6 cm³/mol. The van der Waals surface area contributed by atoms with Gasteiger partial charge >= 0.3 is 5.97 Å². The molecule has 0 aromatic heterocycles. The van der Waals surface area contributed by atoms with Gasteiger partial charge in [0.1, 0.15) is 0 Å². The lowest BCUT2D eigenvalue weighted by molar-refractivity contribution is -0.173. The summed E-state index contributed by atoms with van der Waals surface area (Å²) in [5.74, 6) is -0.955. The number of aliphatic hydroxyl groups is 1. The predicted octanol–water partition coefficient (Wildman–Crippen LogP) is 0.670. The lowest BCUT2D eigenvalue weighted by Crippen LogP contribution is -2.50. The minimum atomic E-state index is -1.87. The second-order valence-electron chi connectivity index (χ2n) is 3.85. The molecule has 4 heteroatoms. The van der Waals surface area contributed by atoms with Gasteiger partial charge in [0.15, 0.2) is 5.78 Å². The molecule has 2 unspecified atom stereocenters. The first kappa shape index (κ1) is 11.2. The summed E-state index contributed by atoms with van der Waals surface area (Å²) in [5.41, 5.74) is -1.87. The Balaban J connectivity index is 2.73. The van der Waals surface area contributed by atoms with Gasteiger partial charge in [-0.1, -0.05) is 6.92 Å². The Morgan fingerprint density at radius 3 is 2.86 bits per heavy atom. The molecule has 0 aromatic carbocycles. The van der Waals surface area contributed by atoms with Gasteiger partial charge in [-0.05, 0) is 25.7 Å². The number of hydrogen-bond donors (Lipinski definition) is 1. The molecule has 0 heterocycles. The van der Waals surface area contributed by atoms with Crippen molar-refractivity contribution in [3.05, 3.63) is 0 Å². The summed E-state index contributed by atoms with van der Waals surface area (Å²) in [7, 11) is 0. The fourth-order valence-electron chi connectivity index (χ4n) is 1.65. The second kappa shape index (κ2) is 4.09. The summed E-state index contributed by atoms with van der Waals surface area (Å²) < 4.78 is 4.68. The molecule has 0 aromatic rings. The van der Waals surface area contributed by atoms with Gasteiger partial charge in [-0.15, -0.1) is 0 Å². The third kappa shape index (κ3) is 1.95. The summed E-state index contributed by atoms with van der Waals surface area (Å²) in [6.45, 7) is 3.77. The first-order valence-corrected chi connectivity index (χ1v) is 4.93. The van der Waals surface area contributed by atoms with Crippen molar-refractivity contribution in [1.29, 1.82) is 0 Å². The third-order valence-electron chi connectivity index (χ3n) is 2.61. The largest absolute Gasteiger partial charge is 0.464 e. The van der Waals surface area contributed by atoms with Crippen LogP contribution in [-0.4, -0.2) is 29.1 Å². The van der Waals surface area contributed by atoms with Crippen LogP contribution in [0.1, 0.15) is 33.1 Å². The van der Waals surface area contributed by atoms with Crippen molar-refractivity contribution in [2.24, 2.45) is 5.92 Å². The average molecular weight is 200 g/mol. The highest BCUT2D eigenvalue weighted by Gasteiger charge is 2.47. The fourth-order valence-corrected chi connectivity index (χ4v) is 1.65. The first-order chi connectivity index (χ1) is 6.50. The summed E-state index contributed by atoms with van der Waals surface area (Å²) in [6.07, 6.45) is 1.13. The van der Waals surface area contributed by atoms with Crippen LogP contribution in [0.4, 0.5) is 0 Å². The van der Waals surface area contributed by atoms with Crippen LogP contribution in [0.3, 0.4) is 0 Å². The molecule has 1 N–H and O–H groups in total. The maximum atomic E-state index is 11.5. The zero-order valence-electron chi connectivity index (χ0n) is 8.58. The van der Waals surface area contributed by atoms with E-state index >= 15 is 0 Å². The molecule has 1 aliphatic rings. The molecule has 14 heavy (non-hydrogen) atoms. The standard InChI is InChI=1S/C10H16O4/c1-3-14-9(12)10(13)5-4-7(2)6-8(10)11/h7,13H,3-6H2,1-2H3. The zero-order valence-corrected chi connectivity index (χ0v) is 8.58. The van der Waals surface area contributed by atoms with E-state index in [0.717, 1.165) is 0 Å². The SMILES string of the molecule is CCOC(=O)C1(O)CCC(C)CC1=O. The third-order valence-corrected chi connectivity index (χ3v) is 2.61. The minimum absolute atomic E-state index is 0.185. The van der Waals surface area contributed by atoms with Crippen molar-refractivity contribution in [2.45, 2.75) is 38.7 Å². The van der Waals surface area contributed by atoms with E-state index in [-0.39, 0.29) is 25.4 Å². The smallest absolute Gasteiger partial charge is 0.345 e. The van der Waals surface area contributed by atoms with E-state index in [1.54, 1.807) is 6.92 Å². The quantitative estimate of drug-likeness (QED) is 0.525. The number of hydrogen-bond acceptors (Lipinski definition) is 4. The monoisotopic (exact) mass is 200 g/mol. The van der Waals surface area contributed by atoms with Crippen molar-refractivity contribution in [3.8, 4) is 0 Å². The van der Waals surface area contributed by atoms with Gasteiger partial charge in [0.05, 0.1) is 6.61 Å². The summed E-state index contributed by atoms with van der Waals surface area (Å²) in [6, 6.07) is 0. The van der Waals surface area contributed by atoms with Crippen LogP contribution in [0.5, 0.6) is 0 Å². The molecule has 0 amide bonds. The molecule has 1 saturated carbocycles. The van der Waals surface area contributed by atoms with Gasteiger partial charge in [0.25, 0.3) is 0 Å². The Bertz CT molecular complexity index is 239. The molecule has 0 aliphatic heterocycles. The number of carbonyl (C=O) groups excluding carboxylic acids is 2. The second-order valence-corrected chi connectivity index (χ2v) is 3.85. The highest BCUT2D eigenvalue weighted by Crippen LogP contribution is 2.29. The Kier molecular flexibility index (Phi) is 3.26. The molecule has 4 nitrogen and oxygen atoms in total. The molecule has 1 rings (SSSR count). The number of esters is 1. The van der Waals surface area contributed by atoms with E-state index in [1.165, 1.54) is 0 Å². The minimum Gasteiger partial charge on any atom is -0.464 e. The lowest BCUT2D eigenvalue weighted by Gasteiger charge is -2.30. The highest BCUT2D eigenvalue weighted by molar-refractivity contribution is 6.07. The van der Waals surface area contributed by atoms with Crippen molar-refractivity contribution in [1.82, 2.24) is 0 Å². The van der Waals surface area contributed by atoms with Crippen molar-refractivity contribution in [2.75, 3.05) is 6.61 Å². The maximum Gasteiger partial charge on any atom is 0.345 e. The van der Waals surface area contributed by atoms with Gasteiger partial charge in [-0.2, -0.15) is 0 Å².